The van der Waals surface area contributed by atoms with Crippen LogP contribution in [-0.4, -0.2) is 18.0 Å². The molecule has 0 aromatic rings. The largest absolute Gasteiger partial charge is 0.352 e. The van der Waals surface area contributed by atoms with Crippen LogP contribution in [0.25, 0.3) is 0 Å². The quantitative estimate of drug-likeness (QED) is 0.754. The van der Waals surface area contributed by atoms with E-state index in [9.17, 15) is 4.79 Å². The van der Waals surface area contributed by atoms with Crippen LogP contribution in [0.3, 0.4) is 0 Å². The second-order valence-electron chi connectivity index (χ2n) is 6.14. The number of amides is 1. The van der Waals surface area contributed by atoms with Crippen LogP contribution < -0.4 is 11.1 Å². The number of carbonyl (C=O) groups excluding carboxylic acids is 1. The topological polar surface area (TPSA) is 55.1 Å². The van der Waals surface area contributed by atoms with Gasteiger partial charge >= 0.3 is 0 Å². The van der Waals surface area contributed by atoms with E-state index in [1.807, 2.05) is 20.8 Å². The highest BCUT2D eigenvalue weighted by molar-refractivity contribution is 5.82. The maximum Gasteiger partial charge on any atom is 0.237 e. The fraction of sp³-hybridized carbons (Fsp3) is 0.923. The van der Waals surface area contributed by atoms with Crippen molar-refractivity contribution in [2.45, 2.75) is 65.5 Å². The summed E-state index contributed by atoms with van der Waals surface area (Å²) in [6, 6.07) is -0.103. The van der Waals surface area contributed by atoms with E-state index in [1.165, 1.54) is 12.8 Å². The Balaban J connectivity index is 2.41. The van der Waals surface area contributed by atoms with E-state index in [1.54, 1.807) is 0 Å². The van der Waals surface area contributed by atoms with Crippen molar-refractivity contribution in [2.24, 2.45) is 17.1 Å². The predicted molar refractivity (Wildman–Crippen MR) is 67.0 cm³/mol. The van der Waals surface area contributed by atoms with Crippen LogP contribution in [-0.2, 0) is 4.79 Å². The van der Waals surface area contributed by atoms with E-state index < -0.39 is 6.04 Å². The number of hydrogen-bond acceptors (Lipinski definition) is 2. The second-order valence-corrected chi connectivity index (χ2v) is 6.14. The van der Waals surface area contributed by atoms with Gasteiger partial charge in [-0.05, 0) is 24.2 Å². The summed E-state index contributed by atoms with van der Waals surface area (Å²) in [5, 5.41) is 3.08. The average molecular weight is 226 g/mol. The van der Waals surface area contributed by atoms with Crippen LogP contribution in [0.15, 0.2) is 0 Å². The summed E-state index contributed by atoms with van der Waals surface area (Å²) in [6.07, 6.45) is 4.79. The molecule has 1 rings (SSSR count). The summed E-state index contributed by atoms with van der Waals surface area (Å²) >= 11 is 0. The molecular weight excluding hydrogens is 200 g/mol. The number of nitrogens with two attached hydrogens (primary N) is 1. The van der Waals surface area contributed by atoms with Gasteiger partial charge in [-0.2, -0.15) is 0 Å². The highest BCUT2D eigenvalue weighted by Gasteiger charge is 2.30. The average Bonchev–Trinajstić information content (AvgIpc) is 2.97. The molecule has 2 atom stereocenters. The number of hydrogen-bond donors (Lipinski definition) is 2. The molecule has 0 saturated heterocycles. The summed E-state index contributed by atoms with van der Waals surface area (Å²) in [4.78, 5) is 11.9. The van der Waals surface area contributed by atoms with E-state index in [0.29, 0.717) is 6.04 Å². The zero-order chi connectivity index (χ0) is 12.3. The Morgan fingerprint density at radius 2 is 2.00 bits per heavy atom. The summed E-state index contributed by atoms with van der Waals surface area (Å²) in [6.45, 7) is 8.12. The second kappa shape index (κ2) is 5.17. The lowest BCUT2D eigenvalue weighted by atomic mass is 9.86. The molecule has 3 N–H and O–H groups in total. The van der Waals surface area contributed by atoms with Gasteiger partial charge in [-0.3, -0.25) is 4.79 Å². The minimum Gasteiger partial charge on any atom is -0.352 e. The Labute approximate surface area is 99.2 Å². The van der Waals surface area contributed by atoms with Gasteiger partial charge < -0.3 is 11.1 Å². The van der Waals surface area contributed by atoms with Crippen molar-refractivity contribution in [1.82, 2.24) is 5.32 Å². The molecule has 1 aliphatic carbocycles. The molecule has 0 heterocycles. The van der Waals surface area contributed by atoms with E-state index in [2.05, 4.69) is 12.2 Å². The minimum atomic E-state index is -0.416. The summed E-state index contributed by atoms with van der Waals surface area (Å²) < 4.78 is 0. The Kier molecular flexibility index (Phi) is 4.36. The molecular formula is C13H26N2O. The van der Waals surface area contributed by atoms with Gasteiger partial charge in [0.05, 0.1) is 6.04 Å². The van der Waals surface area contributed by atoms with Crippen LogP contribution in [0.2, 0.25) is 0 Å². The molecule has 0 spiro atoms. The smallest absolute Gasteiger partial charge is 0.237 e. The van der Waals surface area contributed by atoms with Crippen molar-refractivity contribution in [3.8, 4) is 0 Å². The monoisotopic (exact) mass is 226 g/mol. The molecule has 0 aromatic heterocycles. The van der Waals surface area contributed by atoms with Crippen molar-refractivity contribution in [3.63, 3.8) is 0 Å². The number of carbonyl (C=O) groups is 1. The maximum atomic E-state index is 11.9. The first-order valence-corrected chi connectivity index (χ1v) is 6.40. The van der Waals surface area contributed by atoms with Crippen LogP contribution in [0.5, 0.6) is 0 Å². The van der Waals surface area contributed by atoms with Gasteiger partial charge in [0.1, 0.15) is 0 Å². The highest BCUT2D eigenvalue weighted by Crippen LogP contribution is 2.34. The summed E-state index contributed by atoms with van der Waals surface area (Å²) in [5.74, 6) is 0.844. The SMILES string of the molecule is CCC(CC1CC1)NC(=O)[C@@H](N)C(C)(C)C. The van der Waals surface area contributed by atoms with Crippen molar-refractivity contribution in [2.75, 3.05) is 0 Å². The predicted octanol–water partition coefficient (Wildman–Crippen LogP) is 2.05. The molecule has 1 amide bonds. The van der Waals surface area contributed by atoms with Crippen LogP contribution >= 0.6 is 0 Å². The molecule has 1 aliphatic rings. The third-order valence-corrected chi connectivity index (χ3v) is 3.37. The highest BCUT2D eigenvalue weighted by atomic mass is 16.2. The Bertz CT molecular complexity index is 241. The first-order valence-electron chi connectivity index (χ1n) is 6.40. The van der Waals surface area contributed by atoms with Crippen molar-refractivity contribution in [3.05, 3.63) is 0 Å². The fourth-order valence-corrected chi connectivity index (χ4v) is 1.77. The van der Waals surface area contributed by atoms with Crippen molar-refractivity contribution in [1.29, 1.82) is 0 Å². The van der Waals surface area contributed by atoms with Crippen LogP contribution in [0.1, 0.15) is 53.4 Å². The first kappa shape index (κ1) is 13.5. The third-order valence-electron chi connectivity index (χ3n) is 3.37. The molecule has 0 aromatic carbocycles. The Hall–Kier alpha value is -0.570. The third kappa shape index (κ3) is 4.12. The van der Waals surface area contributed by atoms with E-state index >= 15 is 0 Å². The van der Waals surface area contributed by atoms with Gasteiger partial charge in [0.25, 0.3) is 0 Å². The summed E-state index contributed by atoms with van der Waals surface area (Å²) in [5.41, 5.74) is 5.77. The molecule has 1 saturated carbocycles. The number of nitrogens with one attached hydrogen (secondary N) is 1. The van der Waals surface area contributed by atoms with Gasteiger partial charge in [0, 0.05) is 6.04 Å². The lowest BCUT2D eigenvalue weighted by Crippen LogP contribution is -2.51. The normalized spacial score (nSPS) is 20.3. The molecule has 94 valence electrons. The molecule has 1 fully saturated rings. The molecule has 3 nitrogen and oxygen atoms in total. The molecule has 0 aliphatic heterocycles. The molecule has 3 heteroatoms. The van der Waals surface area contributed by atoms with Crippen LogP contribution in [0, 0.1) is 11.3 Å². The first-order chi connectivity index (χ1) is 7.34. The lowest BCUT2D eigenvalue weighted by molar-refractivity contribution is -0.125. The Morgan fingerprint density at radius 1 is 1.44 bits per heavy atom. The van der Waals surface area contributed by atoms with Gasteiger partial charge in [0.2, 0.25) is 5.91 Å². The van der Waals surface area contributed by atoms with Gasteiger partial charge in [-0.1, -0.05) is 40.5 Å². The maximum absolute atomic E-state index is 11.9. The van der Waals surface area contributed by atoms with Crippen molar-refractivity contribution < 1.29 is 4.79 Å². The number of rotatable bonds is 5. The van der Waals surface area contributed by atoms with Crippen molar-refractivity contribution >= 4 is 5.91 Å². The molecule has 0 bridgehead atoms. The summed E-state index contributed by atoms with van der Waals surface area (Å²) in [7, 11) is 0. The molecule has 0 radical (unpaired) electrons. The standard InChI is InChI=1S/C13H26N2O/c1-5-10(8-9-6-7-9)15-12(16)11(14)13(2,3)4/h9-11H,5-8,14H2,1-4H3,(H,15,16)/t10?,11-/m1/s1. The van der Waals surface area contributed by atoms with E-state index in [0.717, 1.165) is 18.8 Å². The minimum absolute atomic E-state index is 0.000000000000000222. The van der Waals surface area contributed by atoms with Gasteiger partial charge in [-0.15, -0.1) is 0 Å². The fourth-order valence-electron chi connectivity index (χ4n) is 1.77. The lowest BCUT2D eigenvalue weighted by Gasteiger charge is -2.28. The van der Waals surface area contributed by atoms with Gasteiger partial charge in [-0.25, -0.2) is 0 Å². The van der Waals surface area contributed by atoms with E-state index in [-0.39, 0.29) is 11.3 Å². The Morgan fingerprint density at radius 3 is 2.38 bits per heavy atom. The van der Waals surface area contributed by atoms with Gasteiger partial charge in [0.15, 0.2) is 0 Å². The zero-order valence-electron chi connectivity index (χ0n) is 11.0. The zero-order valence-corrected chi connectivity index (χ0v) is 11.0. The van der Waals surface area contributed by atoms with E-state index in [4.69, 9.17) is 5.73 Å². The molecule has 16 heavy (non-hydrogen) atoms. The molecule has 1 unspecified atom stereocenters. The van der Waals surface area contributed by atoms with Crippen LogP contribution in [0.4, 0.5) is 0 Å².